The van der Waals surface area contributed by atoms with E-state index in [1.807, 2.05) is 0 Å². The Morgan fingerprint density at radius 2 is 2.00 bits per heavy atom. The molecule has 0 saturated heterocycles. The number of rotatable bonds is 3. The molecule has 0 radical (unpaired) electrons. The first kappa shape index (κ1) is 14.2. The molecule has 1 amide bonds. The van der Waals surface area contributed by atoms with Gasteiger partial charge in [0.25, 0.3) is 0 Å². The second-order valence-electron chi connectivity index (χ2n) is 4.01. The molecule has 1 rings (SSSR count). The molecule has 0 aromatic heterocycles. The van der Waals surface area contributed by atoms with Crippen LogP contribution < -0.4 is 5.32 Å². The van der Waals surface area contributed by atoms with Crippen molar-refractivity contribution in [3.05, 3.63) is 26.8 Å². The summed E-state index contributed by atoms with van der Waals surface area (Å²) >= 11 is 8.03. The molecular weight excluding hydrogens is 356 g/mol. The van der Waals surface area contributed by atoms with Gasteiger partial charge in [0.05, 0.1) is 10.7 Å². The molecule has 1 aromatic carbocycles. The second kappa shape index (κ2) is 5.22. The predicted molar refractivity (Wildman–Crippen MR) is 74.2 cm³/mol. The summed E-state index contributed by atoms with van der Waals surface area (Å²) in [5.74, 6) is -1.79. The fourth-order valence-corrected chi connectivity index (χ4v) is 1.87. The maximum absolute atomic E-state index is 11.8. The minimum Gasteiger partial charge on any atom is -0.480 e. The van der Waals surface area contributed by atoms with Crippen LogP contribution in [0.3, 0.4) is 0 Å². The Morgan fingerprint density at radius 3 is 2.47 bits per heavy atom. The lowest BCUT2D eigenvalue weighted by Gasteiger charge is -2.18. The Balaban J connectivity index is 2.92. The monoisotopic (exact) mass is 367 g/mol. The zero-order valence-corrected chi connectivity index (χ0v) is 12.2. The van der Waals surface area contributed by atoms with Crippen LogP contribution in [0, 0.1) is 8.99 Å². The van der Waals surface area contributed by atoms with E-state index in [1.165, 1.54) is 13.8 Å². The van der Waals surface area contributed by atoms with Gasteiger partial charge in [-0.3, -0.25) is 9.59 Å². The summed E-state index contributed by atoms with van der Waals surface area (Å²) in [6.45, 7) is 2.68. The van der Waals surface area contributed by atoms with E-state index in [1.54, 1.807) is 18.2 Å². The molecule has 92 valence electrons. The lowest BCUT2D eigenvalue weighted by molar-refractivity contribution is -0.151. The second-order valence-corrected chi connectivity index (χ2v) is 5.66. The van der Waals surface area contributed by atoms with Gasteiger partial charge in [-0.25, -0.2) is 0 Å². The topological polar surface area (TPSA) is 66.4 Å². The number of carbonyl (C=O) groups is 2. The molecule has 2 N–H and O–H groups in total. The molecule has 0 saturated carbocycles. The number of nitrogens with one attached hydrogen (secondary N) is 1. The lowest BCUT2D eigenvalue weighted by atomic mass is 9.92. The zero-order valence-electron chi connectivity index (χ0n) is 9.25. The van der Waals surface area contributed by atoms with Crippen LogP contribution in [0.1, 0.15) is 13.8 Å². The van der Waals surface area contributed by atoms with Crippen LogP contribution in [0.2, 0.25) is 5.02 Å². The number of carboxylic acid groups (broad SMARTS) is 1. The van der Waals surface area contributed by atoms with Crippen LogP contribution >= 0.6 is 34.2 Å². The number of carboxylic acids is 1. The van der Waals surface area contributed by atoms with Crippen LogP contribution in [0.15, 0.2) is 18.2 Å². The molecular formula is C11H11ClINO3. The lowest BCUT2D eigenvalue weighted by Crippen LogP contribution is -2.37. The first-order valence-electron chi connectivity index (χ1n) is 4.75. The van der Waals surface area contributed by atoms with Gasteiger partial charge in [0, 0.05) is 3.57 Å². The molecule has 0 heterocycles. The minimum absolute atomic E-state index is 0.381. The highest BCUT2D eigenvalue weighted by Crippen LogP contribution is 2.26. The van der Waals surface area contributed by atoms with E-state index >= 15 is 0 Å². The van der Waals surface area contributed by atoms with Crippen molar-refractivity contribution in [2.75, 3.05) is 5.32 Å². The number of hydrogen-bond donors (Lipinski definition) is 2. The summed E-state index contributed by atoms with van der Waals surface area (Å²) in [5.41, 5.74) is -1.09. The third kappa shape index (κ3) is 3.32. The van der Waals surface area contributed by atoms with Crippen LogP contribution in [0.25, 0.3) is 0 Å². The van der Waals surface area contributed by atoms with Crippen molar-refractivity contribution in [3.63, 3.8) is 0 Å². The molecule has 6 heteroatoms. The fourth-order valence-electron chi connectivity index (χ4n) is 0.967. The van der Waals surface area contributed by atoms with Gasteiger partial charge in [-0.15, -0.1) is 0 Å². The quantitative estimate of drug-likeness (QED) is 0.637. The maximum Gasteiger partial charge on any atom is 0.318 e. The number of hydrogen-bond acceptors (Lipinski definition) is 2. The van der Waals surface area contributed by atoms with Crippen molar-refractivity contribution in [1.29, 1.82) is 0 Å². The van der Waals surface area contributed by atoms with Gasteiger partial charge in [-0.2, -0.15) is 0 Å². The third-order valence-corrected chi connectivity index (χ3v) is 3.27. The maximum atomic E-state index is 11.8. The molecule has 0 unspecified atom stereocenters. The summed E-state index contributed by atoms with van der Waals surface area (Å²) in [6, 6.07) is 5.10. The number of carbonyl (C=O) groups excluding carboxylic acids is 1. The Bertz CT molecular complexity index is 474. The van der Waals surface area contributed by atoms with E-state index in [4.69, 9.17) is 16.7 Å². The summed E-state index contributed by atoms with van der Waals surface area (Å²) in [6.07, 6.45) is 0. The van der Waals surface area contributed by atoms with E-state index in [0.717, 1.165) is 3.57 Å². The summed E-state index contributed by atoms with van der Waals surface area (Å²) in [7, 11) is 0. The summed E-state index contributed by atoms with van der Waals surface area (Å²) in [4.78, 5) is 22.7. The van der Waals surface area contributed by atoms with Gasteiger partial charge < -0.3 is 10.4 Å². The van der Waals surface area contributed by atoms with Gasteiger partial charge in [0.15, 0.2) is 0 Å². The molecule has 4 nitrogen and oxygen atoms in total. The Kier molecular flexibility index (Phi) is 4.37. The fraction of sp³-hybridized carbons (Fsp3) is 0.273. The minimum atomic E-state index is -1.49. The van der Waals surface area contributed by atoms with Gasteiger partial charge in [0.1, 0.15) is 5.41 Å². The summed E-state index contributed by atoms with van der Waals surface area (Å²) in [5, 5.41) is 11.8. The molecule has 0 spiro atoms. The highest BCUT2D eigenvalue weighted by molar-refractivity contribution is 14.1. The first-order chi connectivity index (χ1) is 7.75. The summed E-state index contributed by atoms with van der Waals surface area (Å²) < 4.78 is 0.933. The van der Waals surface area contributed by atoms with Crippen molar-refractivity contribution < 1.29 is 14.7 Å². The van der Waals surface area contributed by atoms with Crippen molar-refractivity contribution in [2.24, 2.45) is 5.41 Å². The van der Waals surface area contributed by atoms with Crippen LogP contribution in [0.4, 0.5) is 5.69 Å². The smallest absolute Gasteiger partial charge is 0.318 e. The van der Waals surface area contributed by atoms with Crippen LogP contribution in [0.5, 0.6) is 0 Å². The molecule has 1 aromatic rings. The third-order valence-electron chi connectivity index (χ3n) is 2.28. The SMILES string of the molecule is CC(C)(C(=O)O)C(=O)Nc1ccc(I)cc1Cl. The molecule has 0 bridgehead atoms. The molecule has 0 atom stereocenters. The number of anilines is 1. The number of amides is 1. The normalized spacial score (nSPS) is 11.1. The van der Waals surface area contributed by atoms with Gasteiger partial charge in [-0.1, -0.05) is 11.6 Å². The predicted octanol–water partition coefficient (Wildman–Crippen LogP) is 2.99. The van der Waals surface area contributed by atoms with Crippen molar-refractivity contribution in [3.8, 4) is 0 Å². The Hall–Kier alpha value is -0.820. The Labute approximate surface area is 117 Å². The number of halogens is 2. The molecule has 17 heavy (non-hydrogen) atoms. The van der Waals surface area contributed by atoms with E-state index in [2.05, 4.69) is 27.9 Å². The van der Waals surface area contributed by atoms with E-state index in [9.17, 15) is 9.59 Å². The first-order valence-corrected chi connectivity index (χ1v) is 6.20. The van der Waals surface area contributed by atoms with E-state index in [0.29, 0.717) is 10.7 Å². The average molecular weight is 368 g/mol. The van der Waals surface area contributed by atoms with Gasteiger partial charge in [0.2, 0.25) is 5.91 Å². The van der Waals surface area contributed by atoms with Gasteiger partial charge >= 0.3 is 5.97 Å². The van der Waals surface area contributed by atoms with Gasteiger partial charge in [-0.05, 0) is 54.6 Å². The standard InChI is InChI=1S/C11H11ClINO3/c1-11(2,10(16)17)9(15)14-8-4-3-6(13)5-7(8)12/h3-5H,1-2H3,(H,14,15)(H,16,17). The van der Waals surface area contributed by atoms with Crippen LogP contribution in [-0.2, 0) is 9.59 Å². The molecule has 0 fully saturated rings. The highest BCUT2D eigenvalue weighted by atomic mass is 127. The molecule has 0 aliphatic heterocycles. The van der Waals surface area contributed by atoms with Crippen LogP contribution in [-0.4, -0.2) is 17.0 Å². The highest BCUT2D eigenvalue weighted by Gasteiger charge is 2.36. The number of benzene rings is 1. The average Bonchev–Trinajstić information content (AvgIpc) is 2.21. The molecule has 0 aliphatic rings. The van der Waals surface area contributed by atoms with E-state index in [-0.39, 0.29) is 0 Å². The Morgan fingerprint density at radius 1 is 1.41 bits per heavy atom. The largest absolute Gasteiger partial charge is 0.480 e. The van der Waals surface area contributed by atoms with E-state index < -0.39 is 17.3 Å². The molecule has 0 aliphatic carbocycles. The number of aliphatic carboxylic acids is 1. The zero-order chi connectivity index (χ0) is 13.2. The van der Waals surface area contributed by atoms with Crippen molar-refractivity contribution in [2.45, 2.75) is 13.8 Å². The van der Waals surface area contributed by atoms with Crippen molar-refractivity contribution in [1.82, 2.24) is 0 Å². The van der Waals surface area contributed by atoms with Crippen molar-refractivity contribution >= 4 is 51.8 Å².